The number of anilines is 1. The van der Waals surface area contributed by atoms with E-state index in [0.717, 1.165) is 22.2 Å². The normalized spacial score (nSPS) is 20.7. The molecule has 0 N–H and O–H groups in total. The van der Waals surface area contributed by atoms with Crippen LogP contribution in [0.4, 0.5) is 10.5 Å². The molecule has 0 spiro atoms. The minimum Gasteiger partial charge on any atom is -0.443 e. The van der Waals surface area contributed by atoms with E-state index in [2.05, 4.69) is 0 Å². The number of nitrogens with zero attached hydrogens (tertiary/aromatic N) is 2. The predicted molar refractivity (Wildman–Crippen MR) is 117 cm³/mol. The van der Waals surface area contributed by atoms with Crippen LogP contribution in [0.2, 0.25) is 0 Å². The van der Waals surface area contributed by atoms with Gasteiger partial charge in [-0.25, -0.2) is 9.36 Å². The van der Waals surface area contributed by atoms with Crippen LogP contribution in [-0.2, 0) is 27.2 Å². The summed E-state index contributed by atoms with van der Waals surface area (Å²) in [7, 11) is 0. The number of imide groups is 1. The van der Waals surface area contributed by atoms with E-state index in [-0.39, 0.29) is 11.8 Å². The Morgan fingerprint density at radius 1 is 0.903 bits per heavy atom. The SMILES string of the molecule is CC(C)(C)OC(=O)n1c2c(c3ccccc31)C[C@H]1C(=O)N(c3ccccc3)C(=O)[C@H]1C2. The summed E-state index contributed by atoms with van der Waals surface area (Å²) < 4.78 is 7.26. The van der Waals surface area contributed by atoms with Gasteiger partial charge in [0.05, 0.1) is 23.0 Å². The second-order valence-electron chi connectivity index (χ2n) is 9.23. The second-order valence-corrected chi connectivity index (χ2v) is 9.23. The standard InChI is InChI=1S/C25H24N2O4/c1-25(2,3)31-24(30)27-20-12-8-7-11-16(20)17-13-18-19(14-21(17)27)23(29)26(22(18)28)15-9-5-4-6-10-15/h4-12,18-19H,13-14H2,1-3H3/t18-,19+/m1/s1. The van der Waals surface area contributed by atoms with Crippen LogP contribution in [0.5, 0.6) is 0 Å². The molecule has 5 rings (SSSR count). The highest BCUT2D eigenvalue weighted by Crippen LogP contribution is 2.43. The molecule has 31 heavy (non-hydrogen) atoms. The number of aromatic nitrogens is 1. The first-order chi connectivity index (χ1) is 14.8. The number of rotatable bonds is 1. The molecule has 2 aliphatic rings. The van der Waals surface area contributed by atoms with Crippen molar-refractivity contribution in [2.24, 2.45) is 11.8 Å². The summed E-state index contributed by atoms with van der Waals surface area (Å²) in [6.07, 6.45) is 0.312. The Bertz CT molecular complexity index is 1220. The maximum Gasteiger partial charge on any atom is 0.419 e. The van der Waals surface area contributed by atoms with Crippen molar-refractivity contribution in [2.45, 2.75) is 39.2 Å². The van der Waals surface area contributed by atoms with Crippen LogP contribution in [0.25, 0.3) is 10.9 Å². The highest BCUT2D eigenvalue weighted by Gasteiger charge is 2.51. The number of carbonyl (C=O) groups is 3. The molecule has 1 aliphatic heterocycles. The molecule has 0 unspecified atom stereocenters. The van der Waals surface area contributed by atoms with Crippen molar-refractivity contribution in [3.05, 3.63) is 65.9 Å². The van der Waals surface area contributed by atoms with Gasteiger partial charge < -0.3 is 4.74 Å². The van der Waals surface area contributed by atoms with Crippen LogP contribution < -0.4 is 4.90 Å². The second kappa shape index (κ2) is 6.80. The number of amides is 2. The van der Waals surface area contributed by atoms with Crippen molar-refractivity contribution in [3.8, 4) is 0 Å². The van der Waals surface area contributed by atoms with Crippen LogP contribution in [-0.4, -0.2) is 28.1 Å². The van der Waals surface area contributed by atoms with Gasteiger partial charge in [0.2, 0.25) is 11.8 Å². The molecule has 1 saturated heterocycles. The molecule has 0 bridgehead atoms. The van der Waals surface area contributed by atoms with Crippen LogP contribution in [0, 0.1) is 11.8 Å². The Balaban J connectivity index is 1.60. The molecule has 6 nitrogen and oxygen atoms in total. The van der Waals surface area contributed by atoms with Crippen LogP contribution >= 0.6 is 0 Å². The Hall–Kier alpha value is -3.41. The maximum atomic E-state index is 13.3. The summed E-state index contributed by atoms with van der Waals surface area (Å²) >= 11 is 0. The Kier molecular flexibility index (Phi) is 4.29. The lowest BCUT2D eigenvalue weighted by atomic mass is 9.79. The first-order valence-corrected chi connectivity index (χ1v) is 10.5. The molecule has 2 aromatic carbocycles. The number of fused-ring (bicyclic) bond motifs is 4. The lowest BCUT2D eigenvalue weighted by Crippen LogP contribution is -2.32. The summed E-state index contributed by atoms with van der Waals surface area (Å²) in [5.74, 6) is -1.27. The Morgan fingerprint density at radius 2 is 1.52 bits per heavy atom. The third-order valence-electron chi connectivity index (χ3n) is 6.08. The molecule has 1 aromatic heterocycles. The molecule has 2 amide bonds. The number of benzene rings is 2. The smallest absolute Gasteiger partial charge is 0.419 e. The molecule has 1 fully saturated rings. The monoisotopic (exact) mass is 416 g/mol. The highest BCUT2D eigenvalue weighted by atomic mass is 16.6. The van der Waals surface area contributed by atoms with Gasteiger partial charge in [-0.15, -0.1) is 0 Å². The summed E-state index contributed by atoms with van der Waals surface area (Å²) in [5, 5.41) is 0.931. The van der Waals surface area contributed by atoms with E-state index >= 15 is 0 Å². The van der Waals surface area contributed by atoms with E-state index in [1.165, 1.54) is 4.90 Å². The van der Waals surface area contributed by atoms with E-state index in [0.29, 0.717) is 18.5 Å². The van der Waals surface area contributed by atoms with Gasteiger partial charge in [-0.2, -0.15) is 0 Å². The zero-order valence-corrected chi connectivity index (χ0v) is 17.8. The van der Waals surface area contributed by atoms with Crippen molar-refractivity contribution in [3.63, 3.8) is 0 Å². The fraction of sp³-hybridized carbons (Fsp3) is 0.320. The maximum absolute atomic E-state index is 13.3. The van der Waals surface area contributed by atoms with Gasteiger partial charge in [0.15, 0.2) is 0 Å². The molecule has 2 heterocycles. The van der Waals surface area contributed by atoms with Gasteiger partial charge in [-0.3, -0.25) is 14.5 Å². The molecular formula is C25H24N2O4. The van der Waals surface area contributed by atoms with Gasteiger partial charge in [0, 0.05) is 17.5 Å². The van der Waals surface area contributed by atoms with E-state index in [9.17, 15) is 14.4 Å². The number of hydrogen-bond donors (Lipinski definition) is 0. The fourth-order valence-electron chi connectivity index (χ4n) is 4.82. The van der Waals surface area contributed by atoms with E-state index in [1.807, 2.05) is 63.2 Å². The molecule has 158 valence electrons. The van der Waals surface area contributed by atoms with E-state index in [1.54, 1.807) is 16.7 Å². The largest absolute Gasteiger partial charge is 0.443 e. The quantitative estimate of drug-likeness (QED) is 0.554. The van der Waals surface area contributed by atoms with Crippen LogP contribution in [0.1, 0.15) is 32.0 Å². The first kappa shape index (κ1) is 19.5. The van der Waals surface area contributed by atoms with E-state index in [4.69, 9.17) is 4.74 Å². The van der Waals surface area contributed by atoms with Gasteiger partial charge >= 0.3 is 6.09 Å². The zero-order chi connectivity index (χ0) is 21.9. The van der Waals surface area contributed by atoms with Crippen molar-refractivity contribution < 1.29 is 19.1 Å². The summed E-state index contributed by atoms with van der Waals surface area (Å²) in [6.45, 7) is 5.49. The van der Waals surface area contributed by atoms with Gasteiger partial charge in [-0.05, 0) is 51.0 Å². The van der Waals surface area contributed by atoms with Crippen molar-refractivity contribution in [1.29, 1.82) is 0 Å². The minimum absolute atomic E-state index is 0.166. The molecule has 1 aliphatic carbocycles. The summed E-state index contributed by atoms with van der Waals surface area (Å²) in [5.41, 5.74) is 2.43. The molecule has 0 radical (unpaired) electrons. The Labute approximate surface area is 180 Å². The average Bonchev–Trinajstić information content (AvgIpc) is 3.18. The van der Waals surface area contributed by atoms with Crippen molar-refractivity contribution >= 4 is 34.5 Å². The third kappa shape index (κ3) is 3.05. The third-order valence-corrected chi connectivity index (χ3v) is 6.08. The molecular weight excluding hydrogens is 392 g/mol. The molecule has 0 saturated carbocycles. The molecule has 6 heteroatoms. The zero-order valence-electron chi connectivity index (χ0n) is 17.8. The van der Waals surface area contributed by atoms with Gasteiger partial charge in [0.1, 0.15) is 5.60 Å². The van der Waals surface area contributed by atoms with Gasteiger partial charge in [0.25, 0.3) is 0 Å². The number of hydrogen-bond acceptors (Lipinski definition) is 4. The fourth-order valence-corrected chi connectivity index (χ4v) is 4.82. The lowest BCUT2D eigenvalue weighted by molar-refractivity contribution is -0.122. The van der Waals surface area contributed by atoms with Crippen molar-refractivity contribution in [1.82, 2.24) is 4.57 Å². The molecule has 3 aromatic rings. The summed E-state index contributed by atoms with van der Waals surface area (Å²) in [6, 6.07) is 16.7. The predicted octanol–water partition coefficient (Wildman–Crippen LogP) is 4.33. The topological polar surface area (TPSA) is 68.6 Å². The molecule has 2 atom stereocenters. The Morgan fingerprint density at radius 3 is 2.19 bits per heavy atom. The number of para-hydroxylation sites is 2. The van der Waals surface area contributed by atoms with Crippen molar-refractivity contribution in [2.75, 3.05) is 4.90 Å². The minimum atomic E-state index is -0.643. The first-order valence-electron chi connectivity index (χ1n) is 10.5. The highest BCUT2D eigenvalue weighted by molar-refractivity contribution is 6.22. The van der Waals surface area contributed by atoms with Gasteiger partial charge in [-0.1, -0.05) is 36.4 Å². The number of carbonyl (C=O) groups excluding carboxylic acids is 3. The van der Waals surface area contributed by atoms with E-state index < -0.39 is 23.5 Å². The average molecular weight is 416 g/mol. The summed E-state index contributed by atoms with van der Waals surface area (Å²) in [4.78, 5) is 40.9. The van der Waals surface area contributed by atoms with Crippen LogP contribution in [0.15, 0.2) is 54.6 Å². The number of ether oxygens (including phenoxy) is 1. The lowest BCUT2D eigenvalue weighted by Gasteiger charge is -2.25. The van der Waals surface area contributed by atoms with Crippen LogP contribution in [0.3, 0.4) is 0 Å².